The molecular formula is C16H19BrFNS. The van der Waals surface area contributed by atoms with Crippen molar-refractivity contribution in [3.8, 4) is 10.4 Å². The summed E-state index contributed by atoms with van der Waals surface area (Å²) in [5.74, 6) is -0.200. The molecule has 0 spiro atoms. The third-order valence-electron chi connectivity index (χ3n) is 3.21. The van der Waals surface area contributed by atoms with Crippen molar-refractivity contribution >= 4 is 27.3 Å². The van der Waals surface area contributed by atoms with Crippen molar-refractivity contribution < 1.29 is 4.39 Å². The van der Waals surface area contributed by atoms with Gasteiger partial charge in [0.05, 0.1) is 0 Å². The topological polar surface area (TPSA) is 12.0 Å². The lowest BCUT2D eigenvalue weighted by atomic mass is 10.1. The molecule has 0 radical (unpaired) electrons. The van der Waals surface area contributed by atoms with Gasteiger partial charge in [0.2, 0.25) is 0 Å². The molecule has 1 aromatic carbocycles. The highest BCUT2D eigenvalue weighted by molar-refractivity contribution is 9.10. The van der Waals surface area contributed by atoms with Crippen LogP contribution in [0.2, 0.25) is 0 Å². The van der Waals surface area contributed by atoms with Crippen LogP contribution in [0.25, 0.3) is 10.4 Å². The summed E-state index contributed by atoms with van der Waals surface area (Å²) in [6, 6.07) is 9.43. The van der Waals surface area contributed by atoms with Gasteiger partial charge in [-0.25, -0.2) is 4.39 Å². The molecule has 1 heterocycles. The van der Waals surface area contributed by atoms with Crippen LogP contribution < -0.4 is 5.32 Å². The number of benzene rings is 1. The van der Waals surface area contributed by atoms with Crippen molar-refractivity contribution in [2.45, 2.75) is 32.7 Å². The van der Waals surface area contributed by atoms with Gasteiger partial charge in [0, 0.05) is 25.8 Å². The molecule has 0 bridgehead atoms. The molecule has 1 N–H and O–H groups in total. The van der Waals surface area contributed by atoms with Crippen LogP contribution in [0.1, 0.15) is 37.6 Å². The van der Waals surface area contributed by atoms with Gasteiger partial charge in [0.15, 0.2) is 0 Å². The largest absolute Gasteiger partial charge is 0.309 e. The van der Waals surface area contributed by atoms with Crippen LogP contribution in [-0.4, -0.2) is 6.54 Å². The standard InChI is InChI=1S/C16H19BrFNS/c1-3-9-19-14(4-2)16-8-7-15(20-16)12-10-11(18)5-6-13(12)17/h5-8,10,14,19H,3-4,9H2,1-2H3. The van der Waals surface area contributed by atoms with Crippen LogP contribution in [0.15, 0.2) is 34.8 Å². The minimum absolute atomic E-state index is 0.200. The first-order valence-corrected chi connectivity index (χ1v) is 8.55. The zero-order valence-electron chi connectivity index (χ0n) is 11.7. The molecule has 4 heteroatoms. The van der Waals surface area contributed by atoms with Crippen molar-refractivity contribution in [3.63, 3.8) is 0 Å². The fourth-order valence-electron chi connectivity index (χ4n) is 2.14. The number of rotatable bonds is 6. The minimum Gasteiger partial charge on any atom is -0.309 e. The summed E-state index contributed by atoms with van der Waals surface area (Å²) < 4.78 is 14.3. The van der Waals surface area contributed by atoms with E-state index in [9.17, 15) is 4.39 Å². The molecule has 1 atom stereocenters. The van der Waals surface area contributed by atoms with E-state index in [-0.39, 0.29) is 5.82 Å². The molecule has 1 aromatic heterocycles. The van der Waals surface area contributed by atoms with E-state index < -0.39 is 0 Å². The van der Waals surface area contributed by atoms with Crippen LogP contribution in [0, 0.1) is 5.82 Å². The molecule has 0 amide bonds. The molecular weight excluding hydrogens is 337 g/mol. The number of hydrogen-bond donors (Lipinski definition) is 1. The van der Waals surface area contributed by atoms with Gasteiger partial charge in [-0.15, -0.1) is 11.3 Å². The summed E-state index contributed by atoms with van der Waals surface area (Å²) in [4.78, 5) is 2.41. The van der Waals surface area contributed by atoms with Crippen LogP contribution >= 0.6 is 27.3 Å². The summed E-state index contributed by atoms with van der Waals surface area (Å²) >= 11 is 5.23. The van der Waals surface area contributed by atoms with Gasteiger partial charge >= 0.3 is 0 Å². The second-order valence-corrected chi connectivity index (χ2v) is 6.71. The van der Waals surface area contributed by atoms with Crippen molar-refractivity contribution in [1.82, 2.24) is 5.32 Å². The van der Waals surface area contributed by atoms with Crippen LogP contribution in [0.4, 0.5) is 4.39 Å². The Morgan fingerprint density at radius 2 is 2.05 bits per heavy atom. The summed E-state index contributed by atoms with van der Waals surface area (Å²) in [7, 11) is 0. The summed E-state index contributed by atoms with van der Waals surface area (Å²) in [5.41, 5.74) is 0.923. The van der Waals surface area contributed by atoms with Gasteiger partial charge in [-0.05, 0) is 49.7 Å². The molecule has 1 nitrogen and oxygen atoms in total. The van der Waals surface area contributed by atoms with E-state index in [1.54, 1.807) is 23.5 Å². The Bertz CT molecular complexity index is 567. The molecule has 0 aliphatic heterocycles. The van der Waals surface area contributed by atoms with Gasteiger partial charge in [-0.1, -0.05) is 29.8 Å². The Hall–Kier alpha value is -0.710. The molecule has 0 aliphatic carbocycles. The van der Waals surface area contributed by atoms with Gasteiger partial charge in [0.25, 0.3) is 0 Å². The highest BCUT2D eigenvalue weighted by Gasteiger charge is 2.13. The molecule has 0 saturated carbocycles. The van der Waals surface area contributed by atoms with Crippen molar-refractivity contribution in [2.24, 2.45) is 0 Å². The normalized spacial score (nSPS) is 12.6. The summed E-state index contributed by atoms with van der Waals surface area (Å²) in [6.07, 6.45) is 2.19. The lowest BCUT2D eigenvalue weighted by Gasteiger charge is -2.14. The maximum atomic E-state index is 13.4. The minimum atomic E-state index is -0.200. The molecule has 0 saturated heterocycles. The van der Waals surface area contributed by atoms with Crippen molar-refractivity contribution in [1.29, 1.82) is 0 Å². The molecule has 0 aliphatic rings. The number of halogens is 2. The third kappa shape index (κ3) is 3.68. The molecule has 2 aromatic rings. The van der Waals surface area contributed by atoms with Crippen molar-refractivity contribution in [2.75, 3.05) is 6.54 Å². The van der Waals surface area contributed by atoms with Crippen LogP contribution in [0.5, 0.6) is 0 Å². The molecule has 0 fully saturated rings. The average Bonchev–Trinajstić information content (AvgIpc) is 2.92. The van der Waals surface area contributed by atoms with Crippen LogP contribution in [0.3, 0.4) is 0 Å². The highest BCUT2D eigenvalue weighted by atomic mass is 79.9. The van der Waals surface area contributed by atoms with E-state index in [0.29, 0.717) is 6.04 Å². The van der Waals surface area contributed by atoms with E-state index in [0.717, 1.165) is 34.3 Å². The average molecular weight is 356 g/mol. The maximum Gasteiger partial charge on any atom is 0.123 e. The van der Waals surface area contributed by atoms with E-state index in [4.69, 9.17) is 0 Å². The lowest BCUT2D eigenvalue weighted by Crippen LogP contribution is -2.20. The Morgan fingerprint density at radius 3 is 2.75 bits per heavy atom. The Kier molecular flexibility index (Phi) is 5.75. The predicted octanol–water partition coefficient (Wildman–Crippen LogP) is 5.77. The fourth-order valence-corrected chi connectivity index (χ4v) is 3.92. The van der Waals surface area contributed by atoms with E-state index in [2.05, 4.69) is 47.2 Å². The number of thiophene rings is 1. The molecule has 1 unspecified atom stereocenters. The molecule has 108 valence electrons. The smallest absolute Gasteiger partial charge is 0.123 e. The second-order valence-electron chi connectivity index (χ2n) is 4.74. The highest BCUT2D eigenvalue weighted by Crippen LogP contribution is 2.36. The maximum absolute atomic E-state index is 13.4. The van der Waals surface area contributed by atoms with Gasteiger partial charge in [-0.3, -0.25) is 0 Å². The third-order valence-corrected chi connectivity index (χ3v) is 5.14. The quantitative estimate of drug-likeness (QED) is 0.693. The van der Waals surface area contributed by atoms with E-state index in [1.807, 2.05) is 0 Å². The van der Waals surface area contributed by atoms with Crippen LogP contribution in [-0.2, 0) is 0 Å². The first kappa shape index (κ1) is 15.7. The predicted molar refractivity (Wildman–Crippen MR) is 88.7 cm³/mol. The summed E-state index contributed by atoms with van der Waals surface area (Å²) in [6.45, 7) is 5.38. The SMILES string of the molecule is CCCNC(CC)c1ccc(-c2cc(F)ccc2Br)s1. The lowest BCUT2D eigenvalue weighted by molar-refractivity contribution is 0.525. The second kappa shape index (κ2) is 7.34. The fraction of sp³-hybridized carbons (Fsp3) is 0.375. The van der Waals surface area contributed by atoms with Gasteiger partial charge in [-0.2, -0.15) is 0 Å². The zero-order valence-corrected chi connectivity index (χ0v) is 14.2. The first-order chi connectivity index (χ1) is 9.65. The zero-order chi connectivity index (χ0) is 14.5. The first-order valence-electron chi connectivity index (χ1n) is 6.94. The Morgan fingerprint density at radius 1 is 1.25 bits per heavy atom. The van der Waals surface area contributed by atoms with Gasteiger partial charge < -0.3 is 5.32 Å². The van der Waals surface area contributed by atoms with E-state index >= 15 is 0 Å². The van der Waals surface area contributed by atoms with Gasteiger partial charge in [0.1, 0.15) is 5.82 Å². The number of nitrogens with one attached hydrogen (secondary N) is 1. The Labute approximate surface area is 132 Å². The molecule has 2 rings (SSSR count). The molecule has 20 heavy (non-hydrogen) atoms. The Balaban J connectivity index is 2.25. The van der Waals surface area contributed by atoms with E-state index in [1.165, 1.54) is 10.9 Å². The monoisotopic (exact) mass is 355 g/mol. The number of hydrogen-bond acceptors (Lipinski definition) is 2. The summed E-state index contributed by atoms with van der Waals surface area (Å²) in [5, 5.41) is 3.55. The van der Waals surface area contributed by atoms with Crippen molar-refractivity contribution in [3.05, 3.63) is 45.5 Å².